The van der Waals surface area contributed by atoms with Crippen molar-refractivity contribution < 1.29 is 9.15 Å². The average molecular weight is 267 g/mol. The van der Waals surface area contributed by atoms with E-state index in [9.17, 15) is 0 Å². The van der Waals surface area contributed by atoms with E-state index >= 15 is 0 Å². The second kappa shape index (κ2) is 5.07. The average Bonchev–Trinajstić information content (AvgIpc) is 2.87. The molecular formula is C12H17N3O2S. The highest BCUT2D eigenvalue weighted by atomic mass is 32.1. The maximum absolute atomic E-state index is 5.62. The first-order valence-electron chi connectivity index (χ1n) is 5.68. The Morgan fingerprint density at radius 2 is 2.06 bits per heavy atom. The van der Waals surface area contributed by atoms with Crippen LogP contribution < -0.4 is 5.73 Å². The summed E-state index contributed by atoms with van der Waals surface area (Å²) in [6.45, 7) is 7.07. The predicted molar refractivity (Wildman–Crippen MR) is 70.2 cm³/mol. The van der Waals surface area contributed by atoms with Gasteiger partial charge in [0.1, 0.15) is 12.4 Å². The molecule has 0 bridgehead atoms. The van der Waals surface area contributed by atoms with Gasteiger partial charge in [0.2, 0.25) is 5.89 Å². The van der Waals surface area contributed by atoms with Gasteiger partial charge in [0.05, 0.1) is 17.7 Å². The van der Waals surface area contributed by atoms with Crippen molar-refractivity contribution in [2.75, 3.05) is 5.73 Å². The molecule has 0 unspecified atom stereocenters. The van der Waals surface area contributed by atoms with Crippen LogP contribution in [0.3, 0.4) is 0 Å². The predicted octanol–water partition coefficient (Wildman–Crippen LogP) is 2.73. The number of nitrogens with two attached hydrogens (primary N) is 1. The van der Waals surface area contributed by atoms with Crippen LogP contribution in [0.15, 0.2) is 16.8 Å². The first-order valence-corrected chi connectivity index (χ1v) is 6.50. The molecule has 0 aliphatic carbocycles. The Bertz CT molecular complexity index is 513. The molecule has 0 aliphatic rings. The number of hydrogen-bond acceptors (Lipinski definition) is 6. The van der Waals surface area contributed by atoms with Gasteiger partial charge in [-0.05, 0) is 0 Å². The standard InChI is InChI=1S/C12H17N3O2S/c1-12(2,3)9-5-14-10(17-9)7-16-6-8-4-15-11(13)18-8/h4-5H,6-7H2,1-3H3,(H2,13,15). The van der Waals surface area contributed by atoms with Crippen LogP contribution in [0.4, 0.5) is 5.13 Å². The van der Waals surface area contributed by atoms with E-state index in [1.54, 1.807) is 12.4 Å². The number of ether oxygens (including phenoxy) is 1. The molecule has 2 aromatic rings. The molecular weight excluding hydrogens is 250 g/mol. The van der Waals surface area contributed by atoms with Crippen molar-refractivity contribution in [3.8, 4) is 0 Å². The quantitative estimate of drug-likeness (QED) is 0.922. The van der Waals surface area contributed by atoms with E-state index in [0.29, 0.717) is 24.2 Å². The van der Waals surface area contributed by atoms with E-state index in [2.05, 4.69) is 30.7 Å². The summed E-state index contributed by atoms with van der Waals surface area (Å²) in [7, 11) is 0. The maximum Gasteiger partial charge on any atom is 0.220 e. The molecule has 0 radical (unpaired) electrons. The molecule has 0 saturated carbocycles. The van der Waals surface area contributed by atoms with Gasteiger partial charge in [0, 0.05) is 11.6 Å². The van der Waals surface area contributed by atoms with E-state index in [1.807, 2.05) is 0 Å². The Labute approximate surface area is 110 Å². The Kier molecular flexibility index (Phi) is 3.68. The minimum Gasteiger partial charge on any atom is -0.443 e. The van der Waals surface area contributed by atoms with Gasteiger partial charge in [0.15, 0.2) is 5.13 Å². The van der Waals surface area contributed by atoms with Crippen LogP contribution in [0.5, 0.6) is 0 Å². The maximum atomic E-state index is 5.62. The molecule has 6 heteroatoms. The molecule has 0 saturated heterocycles. The summed E-state index contributed by atoms with van der Waals surface area (Å²) in [6, 6.07) is 0. The van der Waals surface area contributed by atoms with Gasteiger partial charge in [-0.1, -0.05) is 32.1 Å². The van der Waals surface area contributed by atoms with Gasteiger partial charge >= 0.3 is 0 Å². The lowest BCUT2D eigenvalue weighted by atomic mass is 9.94. The van der Waals surface area contributed by atoms with Crippen molar-refractivity contribution in [2.24, 2.45) is 0 Å². The molecule has 98 valence electrons. The first kappa shape index (κ1) is 13.0. The minimum atomic E-state index is -0.0304. The molecule has 2 heterocycles. The van der Waals surface area contributed by atoms with E-state index in [4.69, 9.17) is 14.9 Å². The van der Waals surface area contributed by atoms with Crippen LogP contribution in [-0.2, 0) is 23.4 Å². The fraction of sp³-hybridized carbons (Fsp3) is 0.500. The van der Waals surface area contributed by atoms with Gasteiger partial charge in [-0.15, -0.1) is 0 Å². The Balaban J connectivity index is 1.85. The molecule has 0 spiro atoms. The highest BCUT2D eigenvalue weighted by Crippen LogP contribution is 2.23. The van der Waals surface area contributed by atoms with Crippen molar-refractivity contribution in [1.82, 2.24) is 9.97 Å². The number of thiazole rings is 1. The number of aromatic nitrogens is 2. The van der Waals surface area contributed by atoms with Gasteiger partial charge in [-0.2, -0.15) is 0 Å². The number of oxazole rings is 1. The van der Waals surface area contributed by atoms with Gasteiger partial charge in [-0.3, -0.25) is 0 Å². The third-order valence-corrected chi connectivity index (χ3v) is 3.13. The zero-order valence-corrected chi connectivity index (χ0v) is 11.6. The summed E-state index contributed by atoms with van der Waals surface area (Å²) < 4.78 is 11.1. The second-order valence-corrected chi connectivity index (χ2v) is 6.17. The summed E-state index contributed by atoms with van der Waals surface area (Å²) >= 11 is 1.42. The molecule has 2 aromatic heterocycles. The van der Waals surface area contributed by atoms with Crippen LogP contribution in [-0.4, -0.2) is 9.97 Å². The molecule has 2 N–H and O–H groups in total. The van der Waals surface area contributed by atoms with Crippen LogP contribution >= 0.6 is 11.3 Å². The fourth-order valence-electron chi connectivity index (χ4n) is 1.35. The number of nitrogen functional groups attached to an aromatic ring is 1. The number of rotatable bonds is 4. The Morgan fingerprint density at radius 3 is 2.61 bits per heavy atom. The largest absolute Gasteiger partial charge is 0.443 e. The van der Waals surface area contributed by atoms with E-state index in [-0.39, 0.29) is 5.41 Å². The first-order chi connectivity index (χ1) is 8.45. The molecule has 0 aromatic carbocycles. The monoisotopic (exact) mass is 267 g/mol. The highest BCUT2D eigenvalue weighted by molar-refractivity contribution is 7.15. The SMILES string of the molecule is CC(C)(C)c1cnc(COCc2cnc(N)s2)o1. The van der Waals surface area contributed by atoms with E-state index in [1.165, 1.54) is 11.3 Å². The molecule has 5 nitrogen and oxygen atoms in total. The van der Waals surface area contributed by atoms with Crippen LogP contribution in [0, 0.1) is 0 Å². The molecule has 0 fully saturated rings. The third kappa shape index (κ3) is 3.30. The van der Waals surface area contributed by atoms with Crippen molar-refractivity contribution in [3.05, 3.63) is 28.9 Å². The van der Waals surface area contributed by atoms with Crippen LogP contribution in [0.2, 0.25) is 0 Å². The van der Waals surface area contributed by atoms with Crippen molar-refractivity contribution in [2.45, 2.75) is 39.4 Å². The number of anilines is 1. The van der Waals surface area contributed by atoms with Crippen molar-refractivity contribution in [1.29, 1.82) is 0 Å². The lowest BCUT2D eigenvalue weighted by Crippen LogP contribution is -2.09. The lowest BCUT2D eigenvalue weighted by molar-refractivity contribution is 0.0895. The summed E-state index contributed by atoms with van der Waals surface area (Å²) in [5.74, 6) is 1.46. The minimum absolute atomic E-state index is 0.0304. The smallest absolute Gasteiger partial charge is 0.220 e. The fourth-order valence-corrected chi connectivity index (χ4v) is 1.97. The zero-order chi connectivity index (χ0) is 13.2. The summed E-state index contributed by atoms with van der Waals surface area (Å²) in [6.07, 6.45) is 3.47. The van der Waals surface area contributed by atoms with Crippen molar-refractivity contribution in [3.63, 3.8) is 0 Å². The molecule has 0 amide bonds. The van der Waals surface area contributed by atoms with Gasteiger partial charge in [0.25, 0.3) is 0 Å². The van der Waals surface area contributed by atoms with Gasteiger partial charge in [-0.25, -0.2) is 9.97 Å². The highest BCUT2D eigenvalue weighted by Gasteiger charge is 2.19. The summed E-state index contributed by atoms with van der Waals surface area (Å²) in [4.78, 5) is 9.14. The van der Waals surface area contributed by atoms with E-state index in [0.717, 1.165) is 10.6 Å². The molecule has 18 heavy (non-hydrogen) atoms. The zero-order valence-electron chi connectivity index (χ0n) is 10.8. The number of hydrogen-bond donors (Lipinski definition) is 1. The van der Waals surface area contributed by atoms with Crippen molar-refractivity contribution >= 4 is 16.5 Å². The van der Waals surface area contributed by atoms with Crippen LogP contribution in [0.1, 0.15) is 37.3 Å². The van der Waals surface area contributed by atoms with Gasteiger partial charge < -0.3 is 14.9 Å². The number of nitrogens with zero attached hydrogens (tertiary/aromatic N) is 2. The summed E-state index contributed by atoms with van der Waals surface area (Å²) in [5, 5.41) is 0.555. The lowest BCUT2D eigenvalue weighted by Gasteiger charge is -2.13. The Morgan fingerprint density at radius 1 is 1.28 bits per heavy atom. The third-order valence-electron chi connectivity index (χ3n) is 2.33. The molecule has 2 rings (SSSR count). The topological polar surface area (TPSA) is 74.2 Å². The molecule has 0 aliphatic heterocycles. The Hall–Kier alpha value is -1.40. The second-order valence-electron chi connectivity index (χ2n) is 5.03. The summed E-state index contributed by atoms with van der Waals surface area (Å²) in [5.41, 5.74) is 5.50. The normalized spacial score (nSPS) is 11.9. The van der Waals surface area contributed by atoms with Crippen LogP contribution in [0.25, 0.3) is 0 Å². The van der Waals surface area contributed by atoms with E-state index < -0.39 is 0 Å². The molecule has 0 atom stereocenters.